The minimum atomic E-state index is -0.252. The fourth-order valence-corrected chi connectivity index (χ4v) is 2.17. The predicted molar refractivity (Wildman–Crippen MR) is 76.5 cm³/mol. The zero-order valence-corrected chi connectivity index (χ0v) is 12.4. The van der Waals surface area contributed by atoms with Crippen molar-refractivity contribution in [3.8, 4) is 0 Å². The van der Waals surface area contributed by atoms with Gasteiger partial charge in [0.25, 0.3) is 0 Å². The van der Waals surface area contributed by atoms with Crippen LogP contribution in [0.2, 0.25) is 0 Å². The van der Waals surface area contributed by atoms with Gasteiger partial charge in [-0.3, -0.25) is 0 Å². The summed E-state index contributed by atoms with van der Waals surface area (Å²) in [4.78, 5) is 2.29. The molecular formula is C13H28N4O2. The molecule has 1 aliphatic heterocycles. The molecule has 0 spiro atoms. The van der Waals surface area contributed by atoms with E-state index in [4.69, 9.17) is 15.7 Å². The van der Waals surface area contributed by atoms with Crippen LogP contribution in [0.3, 0.4) is 0 Å². The molecule has 1 aliphatic rings. The number of amidine groups is 1. The van der Waals surface area contributed by atoms with E-state index in [1.54, 1.807) is 0 Å². The van der Waals surface area contributed by atoms with Crippen molar-refractivity contribution in [1.82, 2.24) is 10.2 Å². The van der Waals surface area contributed by atoms with Gasteiger partial charge in [-0.05, 0) is 26.4 Å². The number of hydrogen-bond donors (Lipinski definition) is 3. The van der Waals surface area contributed by atoms with Crippen LogP contribution in [-0.2, 0) is 4.74 Å². The number of rotatable bonds is 7. The Morgan fingerprint density at radius 3 is 2.95 bits per heavy atom. The molecule has 6 nitrogen and oxygen atoms in total. The van der Waals surface area contributed by atoms with E-state index >= 15 is 0 Å². The Hall–Kier alpha value is -0.850. The molecule has 19 heavy (non-hydrogen) atoms. The fourth-order valence-electron chi connectivity index (χ4n) is 2.17. The highest BCUT2D eigenvalue weighted by Crippen LogP contribution is 2.21. The van der Waals surface area contributed by atoms with Crippen LogP contribution in [0.5, 0.6) is 0 Å². The minimum absolute atomic E-state index is 0.252. The number of oxime groups is 1. The van der Waals surface area contributed by atoms with Gasteiger partial charge in [-0.2, -0.15) is 0 Å². The largest absolute Gasteiger partial charge is 0.409 e. The lowest BCUT2D eigenvalue weighted by Crippen LogP contribution is -2.45. The highest BCUT2D eigenvalue weighted by atomic mass is 16.5. The quantitative estimate of drug-likeness (QED) is 0.206. The summed E-state index contributed by atoms with van der Waals surface area (Å²) in [7, 11) is 2.12. The van der Waals surface area contributed by atoms with Crippen molar-refractivity contribution in [3.05, 3.63) is 0 Å². The molecule has 0 aromatic carbocycles. The second kappa shape index (κ2) is 7.67. The van der Waals surface area contributed by atoms with Crippen LogP contribution in [-0.4, -0.2) is 61.9 Å². The Kier molecular flexibility index (Phi) is 6.54. The van der Waals surface area contributed by atoms with E-state index in [0.717, 1.165) is 45.6 Å². The average molecular weight is 272 g/mol. The molecule has 1 atom stereocenters. The van der Waals surface area contributed by atoms with Crippen LogP contribution in [0.15, 0.2) is 5.16 Å². The van der Waals surface area contributed by atoms with E-state index in [2.05, 4.69) is 22.4 Å². The van der Waals surface area contributed by atoms with Gasteiger partial charge in [0.2, 0.25) is 0 Å². The number of morpholine rings is 1. The van der Waals surface area contributed by atoms with Crippen molar-refractivity contribution in [2.45, 2.75) is 32.8 Å². The van der Waals surface area contributed by atoms with Gasteiger partial charge in [-0.15, -0.1) is 0 Å². The first-order chi connectivity index (χ1) is 8.95. The Labute approximate surface area is 116 Å². The van der Waals surface area contributed by atoms with Crippen molar-refractivity contribution in [2.75, 3.05) is 39.8 Å². The molecule has 0 aromatic heterocycles. The summed E-state index contributed by atoms with van der Waals surface area (Å²) in [6, 6.07) is 0. The van der Waals surface area contributed by atoms with Crippen LogP contribution in [0, 0.1) is 5.41 Å². The maximum absolute atomic E-state index is 8.69. The zero-order valence-electron chi connectivity index (χ0n) is 12.4. The standard InChI is InChI=1S/C13H28N4O2/c1-13(2,12(14)16-18)5-4-6-15-9-11-10-17(3)7-8-19-11/h11,15,18H,4-10H2,1-3H3,(H2,14,16). The van der Waals surface area contributed by atoms with Gasteiger partial charge in [0.1, 0.15) is 5.84 Å². The highest BCUT2D eigenvalue weighted by molar-refractivity contribution is 5.85. The maximum atomic E-state index is 8.69. The Morgan fingerprint density at radius 2 is 2.32 bits per heavy atom. The lowest BCUT2D eigenvalue weighted by atomic mass is 9.86. The van der Waals surface area contributed by atoms with Crippen LogP contribution in [0.25, 0.3) is 0 Å². The molecule has 6 heteroatoms. The normalized spacial score (nSPS) is 22.7. The van der Waals surface area contributed by atoms with Gasteiger partial charge in [-0.1, -0.05) is 19.0 Å². The van der Waals surface area contributed by atoms with Gasteiger partial charge >= 0.3 is 0 Å². The fraction of sp³-hybridized carbons (Fsp3) is 0.923. The van der Waals surface area contributed by atoms with E-state index in [9.17, 15) is 0 Å². The molecule has 1 heterocycles. The van der Waals surface area contributed by atoms with E-state index in [1.807, 2.05) is 13.8 Å². The Bertz CT molecular complexity index is 294. The van der Waals surface area contributed by atoms with Gasteiger partial charge in [0.15, 0.2) is 0 Å². The van der Waals surface area contributed by atoms with Crippen molar-refractivity contribution >= 4 is 5.84 Å². The highest BCUT2D eigenvalue weighted by Gasteiger charge is 2.23. The second-order valence-electron chi connectivity index (χ2n) is 5.93. The third-order valence-corrected chi connectivity index (χ3v) is 3.67. The lowest BCUT2D eigenvalue weighted by Gasteiger charge is -2.30. The van der Waals surface area contributed by atoms with E-state index < -0.39 is 0 Å². The van der Waals surface area contributed by atoms with Gasteiger partial charge < -0.3 is 25.9 Å². The SMILES string of the molecule is CN1CCOC(CNCCCC(C)(C)C(N)=NO)C1. The van der Waals surface area contributed by atoms with E-state index in [-0.39, 0.29) is 11.5 Å². The first kappa shape index (κ1) is 16.2. The first-order valence-electron chi connectivity index (χ1n) is 6.94. The van der Waals surface area contributed by atoms with Crippen LogP contribution >= 0.6 is 0 Å². The smallest absolute Gasteiger partial charge is 0.144 e. The van der Waals surface area contributed by atoms with Gasteiger partial charge in [0, 0.05) is 25.0 Å². The topological polar surface area (TPSA) is 83.1 Å². The summed E-state index contributed by atoms with van der Waals surface area (Å²) in [6.45, 7) is 8.61. The molecule has 1 fully saturated rings. The summed E-state index contributed by atoms with van der Waals surface area (Å²) in [5.74, 6) is 0.296. The number of ether oxygens (including phenoxy) is 1. The predicted octanol–water partition coefficient (Wildman–Crippen LogP) is 0.459. The van der Waals surface area contributed by atoms with Crippen LogP contribution in [0.4, 0.5) is 0 Å². The molecule has 0 aliphatic carbocycles. The lowest BCUT2D eigenvalue weighted by molar-refractivity contribution is -0.0180. The molecule has 1 saturated heterocycles. The van der Waals surface area contributed by atoms with E-state index in [1.165, 1.54) is 0 Å². The Balaban J connectivity index is 2.11. The maximum Gasteiger partial charge on any atom is 0.144 e. The van der Waals surface area contributed by atoms with Crippen molar-refractivity contribution in [2.24, 2.45) is 16.3 Å². The second-order valence-corrected chi connectivity index (χ2v) is 5.93. The summed E-state index contributed by atoms with van der Waals surface area (Å²) in [5.41, 5.74) is 5.40. The van der Waals surface area contributed by atoms with E-state index in [0.29, 0.717) is 5.84 Å². The number of hydrogen-bond acceptors (Lipinski definition) is 5. The summed E-state index contributed by atoms with van der Waals surface area (Å²) in [6.07, 6.45) is 2.17. The molecule has 0 aromatic rings. The summed E-state index contributed by atoms with van der Waals surface area (Å²) < 4.78 is 5.68. The van der Waals surface area contributed by atoms with Crippen LogP contribution < -0.4 is 11.1 Å². The van der Waals surface area contributed by atoms with Gasteiger partial charge in [0.05, 0.1) is 12.7 Å². The molecule has 4 N–H and O–H groups in total. The molecule has 0 amide bonds. The number of nitrogens with zero attached hydrogens (tertiary/aromatic N) is 2. The summed E-state index contributed by atoms with van der Waals surface area (Å²) >= 11 is 0. The van der Waals surface area contributed by atoms with Gasteiger partial charge in [-0.25, -0.2) is 0 Å². The average Bonchev–Trinajstić information content (AvgIpc) is 2.37. The molecule has 1 rings (SSSR count). The number of nitrogens with one attached hydrogen (secondary N) is 1. The van der Waals surface area contributed by atoms with Crippen molar-refractivity contribution < 1.29 is 9.94 Å². The third kappa shape index (κ3) is 5.76. The number of nitrogens with two attached hydrogens (primary N) is 1. The third-order valence-electron chi connectivity index (χ3n) is 3.67. The first-order valence-corrected chi connectivity index (χ1v) is 6.94. The minimum Gasteiger partial charge on any atom is -0.409 e. The van der Waals surface area contributed by atoms with Crippen molar-refractivity contribution in [3.63, 3.8) is 0 Å². The molecule has 112 valence electrons. The van der Waals surface area contributed by atoms with Crippen molar-refractivity contribution in [1.29, 1.82) is 0 Å². The zero-order chi connectivity index (χ0) is 14.3. The molecule has 0 radical (unpaired) electrons. The molecule has 1 unspecified atom stereocenters. The number of likely N-dealkylation sites (N-methyl/N-ethyl adjacent to an activating group) is 1. The molecular weight excluding hydrogens is 244 g/mol. The van der Waals surface area contributed by atoms with Crippen LogP contribution in [0.1, 0.15) is 26.7 Å². The molecule has 0 bridgehead atoms. The summed E-state index contributed by atoms with van der Waals surface area (Å²) in [5, 5.41) is 15.2. The Morgan fingerprint density at radius 1 is 1.58 bits per heavy atom. The molecule has 0 saturated carbocycles. The monoisotopic (exact) mass is 272 g/mol.